The van der Waals surface area contributed by atoms with Gasteiger partial charge >= 0.3 is 5.97 Å². The number of hydrogen-bond acceptors (Lipinski definition) is 7. The van der Waals surface area contributed by atoms with Gasteiger partial charge in [-0.15, -0.1) is 11.3 Å². The van der Waals surface area contributed by atoms with Gasteiger partial charge in [0.1, 0.15) is 0 Å². The Morgan fingerprint density at radius 1 is 1.12 bits per heavy atom. The van der Waals surface area contributed by atoms with Crippen LogP contribution < -0.4 is 14.8 Å². The number of ether oxygens (including phenoxy) is 3. The van der Waals surface area contributed by atoms with Crippen LogP contribution in [0, 0.1) is 0 Å². The third-order valence-corrected chi connectivity index (χ3v) is 4.28. The van der Waals surface area contributed by atoms with Gasteiger partial charge in [-0.2, -0.15) is 0 Å². The molecule has 1 amide bonds. The topological polar surface area (TPSA) is 90.9 Å². The molecule has 0 saturated heterocycles. The van der Waals surface area contributed by atoms with Crippen molar-refractivity contribution in [1.29, 1.82) is 0 Å². The maximum absolute atomic E-state index is 11.8. The van der Waals surface area contributed by atoms with E-state index in [0.717, 1.165) is 0 Å². The Hall–Kier alpha value is -2.87. The number of rotatable bonds is 7. The summed E-state index contributed by atoms with van der Waals surface area (Å²) in [5, 5.41) is 4.39. The molecule has 0 aliphatic carbocycles. The highest BCUT2D eigenvalue weighted by atomic mass is 32.1. The van der Waals surface area contributed by atoms with Gasteiger partial charge in [0.2, 0.25) is 6.79 Å². The first-order valence-corrected chi connectivity index (χ1v) is 8.41. The van der Waals surface area contributed by atoms with Crippen molar-refractivity contribution in [2.24, 2.45) is 0 Å². The molecule has 1 aromatic carbocycles. The van der Waals surface area contributed by atoms with E-state index in [9.17, 15) is 14.4 Å². The van der Waals surface area contributed by atoms with Crippen LogP contribution in [0.15, 0.2) is 35.7 Å². The minimum absolute atomic E-state index is 0.0587. The lowest BCUT2D eigenvalue weighted by Gasteiger charge is -2.07. The number of anilines is 1. The molecule has 0 unspecified atom stereocenters. The molecule has 0 fully saturated rings. The molecule has 0 bridgehead atoms. The van der Waals surface area contributed by atoms with Gasteiger partial charge in [-0.05, 0) is 23.6 Å². The molecule has 1 aliphatic rings. The van der Waals surface area contributed by atoms with E-state index >= 15 is 0 Å². The number of amides is 1. The van der Waals surface area contributed by atoms with Crippen LogP contribution in [0.2, 0.25) is 0 Å². The van der Waals surface area contributed by atoms with Crippen LogP contribution in [0.4, 0.5) is 5.69 Å². The Morgan fingerprint density at radius 3 is 2.76 bits per heavy atom. The maximum Gasteiger partial charge on any atom is 0.306 e. The number of Topliss-reactive ketones (excluding diaryl/α,β-unsaturated/α-hetero) is 1. The number of esters is 1. The van der Waals surface area contributed by atoms with Gasteiger partial charge < -0.3 is 19.5 Å². The zero-order valence-electron chi connectivity index (χ0n) is 13.2. The number of fused-ring (bicyclic) bond motifs is 1. The van der Waals surface area contributed by atoms with Gasteiger partial charge in [-0.3, -0.25) is 14.4 Å². The summed E-state index contributed by atoms with van der Waals surface area (Å²) in [7, 11) is 0. The minimum Gasteiger partial charge on any atom is -0.456 e. The number of benzene rings is 1. The Balaban J connectivity index is 1.39. The summed E-state index contributed by atoms with van der Waals surface area (Å²) in [6.45, 7) is -0.269. The molecule has 1 aromatic heterocycles. The van der Waals surface area contributed by atoms with Crippen LogP contribution in [0.1, 0.15) is 22.5 Å². The lowest BCUT2D eigenvalue weighted by Crippen LogP contribution is -2.21. The molecule has 0 saturated carbocycles. The molecule has 3 rings (SSSR count). The Bertz CT molecular complexity index is 786. The van der Waals surface area contributed by atoms with E-state index in [1.807, 2.05) is 0 Å². The van der Waals surface area contributed by atoms with Crippen molar-refractivity contribution in [3.8, 4) is 11.5 Å². The molecule has 1 N–H and O–H groups in total. The monoisotopic (exact) mass is 361 g/mol. The summed E-state index contributed by atoms with van der Waals surface area (Å²) in [4.78, 5) is 35.8. The van der Waals surface area contributed by atoms with Gasteiger partial charge in [-0.25, -0.2) is 0 Å². The molecule has 2 heterocycles. The van der Waals surface area contributed by atoms with Crippen molar-refractivity contribution in [1.82, 2.24) is 0 Å². The second kappa shape index (κ2) is 7.80. The van der Waals surface area contributed by atoms with Gasteiger partial charge in [-0.1, -0.05) is 6.07 Å². The van der Waals surface area contributed by atoms with Gasteiger partial charge in [0.05, 0.1) is 11.3 Å². The van der Waals surface area contributed by atoms with E-state index in [1.165, 1.54) is 11.3 Å². The average molecular weight is 361 g/mol. The van der Waals surface area contributed by atoms with Gasteiger partial charge in [0, 0.05) is 18.2 Å². The third kappa shape index (κ3) is 4.57. The highest BCUT2D eigenvalue weighted by Gasteiger charge is 2.15. The third-order valence-electron chi connectivity index (χ3n) is 3.37. The molecule has 25 heavy (non-hydrogen) atoms. The number of thiophene rings is 1. The lowest BCUT2D eigenvalue weighted by molar-refractivity contribution is -0.147. The average Bonchev–Trinajstić information content (AvgIpc) is 3.28. The van der Waals surface area contributed by atoms with Crippen molar-refractivity contribution < 1.29 is 28.6 Å². The fraction of sp³-hybridized carbons (Fsp3) is 0.235. The highest BCUT2D eigenvalue weighted by Crippen LogP contribution is 2.34. The van der Waals surface area contributed by atoms with Crippen LogP contribution in [-0.4, -0.2) is 31.1 Å². The van der Waals surface area contributed by atoms with E-state index < -0.39 is 18.5 Å². The Labute approximate surface area is 147 Å². The summed E-state index contributed by atoms with van der Waals surface area (Å²) in [5.41, 5.74) is 0.512. The lowest BCUT2D eigenvalue weighted by atomic mass is 10.2. The zero-order valence-corrected chi connectivity index (χ0v) is 14.0. The molecule has 130 valence electrons. The molecule has 2 aromatic rings. The molecule has 0 radical (unpaired) electrons. The smallest absolute Gasteiger partial charge is 0.306 e. The van der Waals surface area contributed by atoms with Gasteiger partial charge in [0.15, 0.2) is 23.9 Å². The summed E-state index contributed by atoms with van der Waals surface area (Å²) in [6, 6.07) is 8.45. The fourth-order valence-electron chi connectivity index (χ4n) is 2.17. The Morgan fingerprint density at radius 2 is 1.96 bits per heavy atom. The van der Waals surface area contributed by atoms with Crippen molar-refractivity contribution in [2.45, 2.75) is 12.8 Å². The van der Waals surface area contributed by atoms with Crippen LogP contribution in [0.3, 0.4) is 0 Å². The molecule has 8 heteroatoms. The van der Waals surface area contributed by atoms with E-state index in [-0.39, 0.29) is 25.4 Å². The summed E-state index contributed by atoms with van der Waals surface area (Å²) < 4.78 is 15.3. The van der Waals surface area contributed by atoms with Crippen molar-refractivity contribution in [3.63, 3.8) is 0 Å². The first kappa shape index (κ1) is 17.0. The SMILES string of the molecule is O=C(COC(=O)CCC(=O)c1cccs1)Nc1ccc2c(c1)OCO2. The molecule has 1 aliphatic heterocycles. The number of ketones is 1. The molecular formula is C17H15NO6S. The second-order valence-corrected chi connectivity index (χ2v) is 6.13. The number of carbonyl (C=O) groups excluding carboxylic acids is 3. The molecule has 0 spiro atoms. The predicted octanol–water partition coefficient (Wildman–Crippen LogP) is 2.62. The van der Waals surface area contributed by atoms with E-state index in [1.54, 1.807) is 35.7 Å². The van der Waals surface area contributed by atoms with E-state index in [2.05, 4.69) is 5.32 Å². The standard InChI is InChI=1S/C17H15NO6S/c19-12(15-2-1-7-25-15)4-6-17(21)22-9-16(20)18-11-3-5-13-14(8-11)24-10-23-13/h1-3,5,7-8H,4,6,9-10H2,(H,18,20). The molecular weight excluding hydrogens is 346 g/mol. The second-order valence-electron chi connectivity index (χ2n) is 5.18. The molecule has 7 nitrogen and oxygen atoms in total. The quantitative estimate of drug-likeness (QED) is 0.602. The largest absolute Gasteiger partial charge is 0.456 e. The van der Waals surface area contributed by atoms with Crippen molar-refractivity contribution in [2.75, 3.05) is 18.7 Å². The first-order valence-electron chi connectivity index (χ1n) is 7.53. The maximum atomic E-state index is 11.8. The Kier molecular flexibility index (Phi) is 5.30. The van der Waals surface area contributed by atoms with E-state index in [0.29, 0.717) is 22.1 Å². The number of hydrogen-bond donors (Lipinski definition) is 1. The summed E-state index contributed by atoms with van der Waals surface area (Å²) in [5.74, 6) is -0.0268. The van der Waals surface area contributed by atoms with Crippen LogP contribution >= 0.6 is 11.3 Å². The summed E-state index contributed by atoms with van der Waals surface area (Å²) in [6.07, 6.45) is -0.00281. The number of carbonyl (C=O) groups is 3. The van der Waals surface area contributed by atoms with Crippen LogP contribution in [0.25, 0.3) is 0 Å². The number of nitrogens with one attached hydrogen (secondary N) is 1. The highest BCUT2D eigenvalue weighted by molar-refractivity contribution is 7.12. The normalized spacial score (nSPS) is 11.8. The van der Waals surface area contributed by atoms with Crippen LogP contribution in [-0.2, 0) is 14.3 Å². The van der Waals surface area contributed by atoms with Crippen LogP contribution in [0.5, 0.6) is 11.5 Å². The molecule has 0 atom stereocenters. The van der Waals surface area contributed by atoms with Crippen molar-refractivity contribution in [3.05, 3.63) is 40.6 Å². The predicted molar refractivity (Wildman–Crippen MR) is 90.0 cm³/mol. The van der Waals surface area contributed by atoms with E-state index in [4.69, 9.17) is 14.2 Å². The first-order chi connectivity index (χ1) is 12.1. The summed E-state index contributed by atoms with van der Waals surface area (Å²) >= 11 is 1.33. The van der Waals surface area contributed by atoms with Gasteiger partial charge in [0.25, 0.3) is 5.91 Å². The van der Waals surface area contributed by atoms with Crippen molar-refractivity contribution >= 4 is 34.7 Å². The minimum atomic E-state index is -0.592. The zero-order chi connectivity index (χ0) is 17.6. The fourth-order valence-corrected chi connectivity index (χ4v) is 2.86.